The van der Waals surface area contributed by atoms with Gasteiger partial charge in [-0.3, -0.25) is 13.7 Å². The van der Waals surface area contributed by atoms with Crippen LogP contribution in [-0.4, -0.2) is 57.8 Å². The van der Waals surface area contributed by atoms with Gasteiger partial charge in [0.25, 0.3) is 0 Å². The monoisotopic (exact) mass is 476 g/mol. The molecule has 0 spiro atoms. The lowest BCUT2D eigenvalue weighted by Gasteiger charge is -2.15. The van der Waals surface area contributed by atoms with E-state index in [0.29, 0.717) is 25.2 Å². The molecule has 1 aliphatic rings. The summed E-state index contributed by atoms with van der Waals surface area (Å²) in [6.07, 6.45) is 4.36. The van der Waals surface area contributed by atoms with Gasteiger partial charge in [-0.1, -0.05) is 11.8 Å². The lowest BCUT2D eigenvalue weighted by Crippen LogP contribution is -2.24. The minimum atomic E-state index is -4.09. The fourth-order valence-electron chi connectivity index (χ4n) is 3.48. The summed E-state index contributed by atoms with van der Waals surface area (Å²) in [6.45, 7) is 6.19. The molecule has 0 unspecified atom stereocenters. The number of aliphatic hydroxyl groups is 1. The van der Waals surface area contributed by atoms with E-state index in [1.54, 1.807) is 16.9 Å². The van der Waals surface area contributed by atoms with E-state index in [4.69, 9.17) is 5.14 Å². The van der Waals surface area contributed by atoms with Gasteiger partial charge in [-0.2, -0.15) is 13.5 Å². The number of anilines is 1. The molecule has 4 N–H and O–H groups in total. The van der Waals surface area contributed by atoms with Crippen LogP contribution in [0, 0.1) is 23.2 Å². The zero-order valence-corrected chi connectivity index (χ0v) is 19.5. The molecule has 178 valence electrons. The fourth-order valence-corrected chi connectivity index (χ4v) is 3.85. The molecule has 1 fully saturated rings. The lowest BCUT2D eigenvalue weighted by atomic mass is 9.98. The van der Waals surface area contributed by atoms with E-state index in [9.17, 15) is 18.3 Å². The van der Waals surface area contributed by atoms with Crippen LogP contribution in [0.15, 0.2) is 24.8 Å². The van der Waals surface area contributed by atoms with Crippen LogP contribution in [0.25, 0.3) is 0 Å². The molecule has 2 heterocycles. The summed E-state index contributed by atoms with van der Waals surface area (Å²) in [5.74, 6) is 5.69. The van der Waals surface area contributed by atoms with Crippen molar-refractivity contribution >= 4 is 21.9 Å². The normalized spacial score (nSPS) is 20.8. The van der Waals surface area contributed by atoms with Crippen molar-refractivity contribution < 1.29 is 22.5 Å². The van der Waals surface area contributed by atoms with Gasteiger partial charge < -0.3 is 10.4 Å². The highest BCUT2D eigenvalue weighted by atomic mass is 32.2. The number of nitrogens with one attached hydrogen (secondary N) is 1. The number of rotatable bonds is 8. The minimum absolute atomic E-state index is 0.120. The average molecular weight is 477 g/mol. The third-order valence-electron chi connectivity index (χ3n) is 4.98. The molecule has 0 radical (unpaired) electrons. The standard InChI is InChI=1S/C21H28N6O5S/c1-21(2,3)6-4-7-27-8-5-17(26-27)19(29)16-11-23-13-24-20(16)25-15-9-14(18(28)10-15)12-32-33(22,30)31/h5,8,11,13-15,18,28H,7,9-10,12H2,1-3H3,(H2,22,30,31)(H,23,24,25)/t14-,15-,18+/m1/s1. The second-order valence-corrected chi connectivity index (χ2v) is 10.2. The van der Waals surface area contributed by atoms with Crippen LogP contribution in [0.3, 0.4) is 0 Å². The molecule has 2 aromatic rings. The molecule has 0 aromatic carbocycles. The van der Waals surface area contributed by atoms with Crippen LogP contribution in [0.4, 0.5) is 5.82 Å². The number of carbonyl (C=O) groups is 1. The maximum Gasteiger partial charge on any atom is 0.333 e. The molecule has 1 saturated carbocycles. The van der Waals surface area contributed by atoms with Crippen molar-refractivity contribution in [3.63, 3.8) is 0 Å². The number of hydrogen-bond acceptors (Lipinski definition) is 9. The van der Waals surface area contributed by atoms with Crippen molar-refractivity contribution in [1.82, 2.24) is 19.7 Å². The fraction of sp³-hybridized carbons (Fsp3) is 0.524. The maximum atomic E-state index is 13.0. The third kappa shape index (κ3) is 7.33. The molecule has 1 aliphatic carbocycles. The molecule has 12 heteroatoms. The van der Waals surface area contributed by atoms with Gasteiger partial charge in [0.15, 0.2) is 0 Å². The smallest absolute Gasteiger partial charge is 0.333 e. The highest BCUT2D eigenvalue weighted by molar-refractivity contribution is 7.84. The molecule has 0 aliphatic heterocycles. The van der Waals surface area contributed by atoms with E-state index in [-0.39, 0.29) is 35.1 Å². The largest absolute Gasteiger partial charge is 0.393 e. The summed E-state index contributed by atoms with van der Waals surface area (Å²) in [7, 11) is -4.09. The van der Waals surface area contributed by atoms with Crippen LogP contribution in [-0.2, 0) is 21.0 Å². The zero-order chi connectivity index (χ0) is 24.2. The van der Waals surface area contributed by atoms with Gasteiger partial charge in [0.1, 0.15) is 24.4 Å². The molecule has 11 nitrogen and oxygen atoms in total. The maximum absolute atomic E-state index is 13.0. The van der Waals surface area contributed by atoms with Crippen molar-refractivity contribution in [2.45, 2.75) is 52.3 Å². The van der Waals surface area contributed by atoms with E-state index < -0.39 is 22.3 Å². The van der Waals surface area contributed by atoms with Crippen LogP contribution < -0.4 is 10.5 Å². The van der Waals surface area contributed by atoms with Gasteiger partial charge in [-0.25, -0.2) is 15.1 Å². The average Bonchev–Trinajstić information content (AvgIpc) is 3.31. The van der Waals surface area contributed by atoms with Gasteiger partial charge in [-0.15, -0.1) is 0 Å². The molecule has 33 heavy (non-hydrogen) atoms. The van der Waals surface area contributed by atoms with Gasteiger partial charge >= 0.3 is 10.3 Å². The molecule has 2 aromatic heterocycles. The van der Waals surface area contributed by atoms with Crippen molar-refractivity contribution in [2.75, 3.05) is 11.9 Å². The first kappa shape index (κ1) is 24.8. The Labute approximate surface area is 193 Å². The summed E-state index contributed by atoms with van der Waals surface area (Å²) >= 11 is 0. The Hall–Kier alpha value is -2.85. The molecular formula is C21H28N6O5S. The summed E-state index contributed by atoms with van der Waals surface area (Å²) in [4.78, 5) is 21.2. The molecule has 3 atom stereocenters. The highest BCUT2D eigenvalue weighted by Gasteiger charge is 2.34. The van der Waals surface area contributed by atoms with Crippen LogP contribution in [0.5, 0.6) is 0 Å². The van der Waals surface area contributed by atoms with Crippen molar-refractivity contribution in [2.24, 2.45) is 16.5 Å². The van der Waals surface area contributed by atoms with Crippen molar-refractivity contribution in [3.05, 3.63) is 36.0 Å². The number of carbonyl (C=O) groups excluding carboxylic acids is 1. The van der Waals surface area contributed by atoms with Crippen LogP contribution in [0.2, 0.25) is 0 Å². The van der Waals surface area contributed by atoms with E-state index in [1.165, 1.54) is 12.5 Å². The predicted octanol–water partition coefficient (Wildman–Crippen LogP) is 0.725. The van der Waals surface area contributed by atoms with Crippen LogP contribution in [0.1, 0.15) is 49.7 Å². The Kier molecular flexibility index (Phi) is 7.48. The Balaban J connectivity index is 1.68. The third-order valence-corrected chi connectivity index (χ3v) is 5.44. The Morgan fingerprint density at radius 2 is 2.15 bits per heavy atom. The number of hydrogen-bond donors (Lipinski definition) is 3. The van der Waals surface area contributed by atoms with E-state index in [0.717, 1.165) is 0 Å². The number of ketones is 1. The van der Waals surface area contributed by atoms with Gasteiger partial charge in [0, 0.05) is 29.8 Å². The second kappa shape index (κ2) is 9.96. The summed E-state index contributed by atoms with van der Waals surface area (Å²) in [5, 5.41) is 22.5. The summed E-state index contributed by atoms with van der Waals surface area (Å²) in [5.41, 5.74) is 0.351. The van der Waals surface area contributed by atoms with Gasteiger partial charge in [0.05, 0.1) is 18.3 Å². The molecular weight excluding hydrogens is 448 g/mol. The first-order valence-electron chi connectivity index (χ1n) is 10.4. The van der Waals surface area contributed by atoms with E-state index in [2.05, 4.69) is 36.4 Å². The minimum Gasteiger partial charge on any atom is -0.393 e. The number of nitrogens with two attached hydrogens (primary N) is 1. The number of aromatic nitrogens is 4. The Morgan fingerprint density at radius 3 is 2.85 bits per heavy atom. The summed E-state index contributed by atoms with van der Waals surface area (Å²) in [6, 6.07) is 1.36. The van der Waals surface area contributed by atoms with E-state index in [1.807, 2.05) is 20.8 Å². The number of nitrogens with zero attached hydrogens (tertiary/aromatic N) is 4. The van der Waals surface area contributed by atoms with E-state index >= 15 is 0 Å². The second-order valence-electron chi connectivity index (χ2n) is 8.98. The first-order chi connectivity index (χ1) is 15.4. The highest BCUT2D eigenvalue weighted by Crippen LogP contribution is 2.29. The molecule has 0 saturated heterocycles. The van der Waals surface area contributed by atoms with Crippen LogP contribution >= 0.6 is 0 Å². The Bertz CT molecular complexity index is 1160. The lowest BCUT2D eigenvalue weighted by molar-refractivity contribution is 0.101. The predicted molar refractivity (Wildman–Crippen MR) is 120 cm³/mol. The topological polar surface area (TPSA) is 162 Å². The quantitative estimate of drug-likeness (QED) is 0.368. The Morgan fingerprint density at radius 1 is 1.39 bits per heavy atom. The number of aliphatic hydroxyl groups excluding tert-OH is 1. The molecule has 0 amide bonds. The molecule has 3 rings (SSSR count). The summed E-state index contributed by atoms with van der Waals surface area (Å²) < 4.78 is 28.2. The van der Waals surface area contributed by atoms with Gasteiger partial charge in [-0.05, 0) is 39.7 Å². The van der Waals surface area contributed by atoms with Crippen molar-refractivity contribution in [1.29, 1.82) is 0 Å². The molecule has 0 bridgehead atoms. The van der Waals surface area contributed by atoms with Gasteiger partial charge in [0.2, 0.25) is 5.78 Å². The first-order valence-corrected chi connectivity index (χ1v) is 11.9. The zero-order valence-electron chi connectivity index (χ0n) is 18.7. The SMILES string of the molecule is CC(C)(C)C#CCn1ccc(C(=O)c2cncnc2N[C@@H]2C[C@H](COS(N)(=O)=O)[C@@H](O)C2)n1. The van der Waals surface area contributed by atoms with Crippen molar-refractivity contribution in [3.8, 4) is 11.8 Å².